The Morgan fingerprint density at radius 3 is 3.00 bits per heavy atom. The van der Waals surface area contributed by atoms with Crippen molar-refractivity contribution in [1.82, 2.24) is 5.16 Å². The second-order valence-corrected chi connectivity index (χ2v) is 4.18. The highest BCUT2D eigenvalue weighted by molar-refractivity contribution is 5.80. The number of aromatic nitrogens is 1. The van der Waals surface area contributed by atoms with Crippen molar-refractivity contribution < 1.29 is 8.91 Å². The first kappa shape index (κ1) is 11.1. The minimum Gasteiger partial charge on any atom is -0.356 e. The Morgan fingerprint density at radius 2 is 2.25 bits per heavy atom. The highest BCUT2D eigenvalue weighted by atomic mass is 19.1. The van der Waals surface area contributed by atoms with Gasteiger partial charge in [-0.2, -0.15) is 0 Å². The molecule has 86 valence electrons. The maximum Gasteiger partial charge on any atom is 0.167 e. The van der Waals surface area contributed by atoms with Crippen molar-refractivity contribution in [3.8, 4) is 0 Å². The molecule has 2 rings (SSSR count). The van der Waals surface area contributed by atoms with E-state index in [1.807, 2.05) is 25.1 Å². The van der Waals surface area contributed by atoms with E-state index in [-0.39, 0.29) is 0 Å². The number of rotatable bonds is 4. The van der Waals surface area contributed by atoms with E-state index < -0.39 is 6.17 Å². The summed E-state index contributed by atoms with van der Waals surface area (Å²) in [4.78, 5) is 0. The molecule has 0 spiro atoms. The monoisotopic (exact) mass is 221 g/mol. The molecular formula is C13H16FNO. The van der Waals surface area contributed by atoms with Gasteiger partial charge >= 0.3 is 0 Å². The van der Waals surface area contributed by atoms with Gasteiger partial charge in [0.25, 0.3) is 0 Å². The molecule has 1 heterocycles. The van der Waals surface area contributed by atoms with Crippen molar-refractivity contribution >= 4 is 11.0 Å². The van der Waals surface area contributed by atoms with Crippen LogP contribution in [-0.4, -0.2) is 5.16 Å². The standard InChI is InChI=1S/C13H16FNO/c1-3-4-5-11(14)13-10-7-6-9(2)8-12(10)16-15-13/h6-8,11H,3-5H2,1-2H3. The summed E-state index contributed by atoms with van der Waals surface area (Å²) in [5.41, 5.74) is 2.22. The van der Waals surface area contributed by atoms with Crippen LogP contribution in [-0.2, 0) is 0 Å². The van der Waals surface area contributed by atoms with Gasteiger partial charge in [-0.05, 0) is 31.0 Å². The zero-order valence-corrected chi connectivity index (χ0v) is 9.66. The molecular weight excluding hydrogens is 205 g/mol. The molecule has 2 nitrogen and oxygen atoms in total. The molecule has 0 aliphatic carbocycles. The third-order valence-corrected chi connectivity index (χ3v) is 2.76. The summed E-state index contributed by atoms with van der Waals surface area (Å²) in [6.45, 7) is 4.03. The fourth-order valence-corrected chi connectivity index (χ4v) is 1.81. The van der Waals surface area contributed by atoms with Gasteiger partial charge in [0.15, 0.2) is 5.58 Å². The summed E-state index contributed by atoms with van der Waals surface area (Å²) >= 11 is 0. The van der Waals surface area contributed by atoms with E-state index in [1.165, 1.54) is 0 Å². The molecule has 0 fully saturated rings. The maximum absolute atomic E-state index is 13.9. The van der Waals surface area contributed by atoms with Crippen molar-refractivity contribution in [1.29, 1.82) is 0 Å². The van der Waals surface area contributed by atoms with Crippen molar-refractivity contribution in [2.45, 2.75) is 39.3 Å². The fourth-order valence-electron chi connectivity index (χ4n) is 1.81. The van der Waals surface area contributed by atoms with Crippen LogP contribution in [0.15, 0.2) is 22.7 Å². The highest BCUT2D eigenvalue weighted by Crippen LogP contribution is 2.29. The van der Waals surface area contributed by atoms with E-state index in [0.29, 0.717) is 17.7 Å². The van der Waals surface area contributed by atoms with Crippen LogP contribution < -0.4 is 0 Å². The Bertz CT molecular complexity index is 478. The van der Waals surface area contributed by atoms with Gasteiger partial charge in [0.05, 0.1) is 0 Å². The van der Waals surface area contributed by atoms with E-state index in [4.69, 9.17) is 4.52 Å². The second-order valence-electron chi connectivity index (χ2n) is 4.18. The molecule has 0 aliphatic heterocycles. The molecule has 1 aromatic heterocycles. The third-order valence-electron chi connectivity index (χ3n) is 2.76. The summed E-state index contributed by atoms with van der Waals surface area (Å²) in [5.74, 6) is 0. The van der Waals surface area contributed by atoms with Gasteiger partial charge in [-0.1, -0.05) is 31.0 Å². The first-order valence-corrected chi connectivity index (χ1v) is 5.72. The summed E-state index contributed by atoms with van der Waals surface area (Å²) in [6.07, 6.45) is 1.38. The van der Waals surface area contributed by atoms with E-state index in [9.17, 15) is 4.39 Å². The van der Waals surface area contributed by atoms with Crippen molar-refractivity contribution in [2.75, 3.05) is 0 Å². The number of benzene rings is 1. The predicted octanol–water partition coefficient (Wildman–Crippen LogP) is 4.34. The van der Waals surface area contributed by atoms with Crippen LogP contribution in [0.3, 0.4) is 0 Å². The van der Waals surface area contributed by atoms with Gasteiger partial charge < -0.3 is 4.52 Å². The van der Waals surface area contributed by atoms with Gasteiger partial charge in [-0.15, -0.1) is 0 Å². The summed E-state index contributed by atoms with van der Waals surface area (Å²) in [7, 11) is 0. The summed E-state index contributed by atoms with van der Waals surface area (Å²) in [5, 5.41) is 4.64. The lowest BCUT2D eigenvalue weighted by Crippen LogP contribution is -1.92. The minimum atomic E-state index is -1.01. The molecule has 0 radical (unpaired) electrons. The number of unbranched alkanes of at least 4 members (excludes halogenated alkanes) is 1. The molecule has 3 heteroatoms. The highest BCUT2D eigenvalue weighted by Gasteiger charge is 2.17. The molecule has 0 saturated carbocycles. The molecule has 0 amide bonds. The summed E-state index contributed by atoms with van der Waals surface area (Å²) in [6, 6.07) is 5.73. The van der Waals surface area contributed by atoms with Crippen LogP contribution in [0.25, 0.3) is 11.0 Å². The first-order chi connectivity index (χ1) is 7.72. The molecule has 1 unspecified atom stereocenters. The topological polar surface area (TPSA) is 26.0 Å². The second kappa shape index (κ2) is 4.64. The zero-order chi connectivity index (χ0) is 11.5. The maximum atomic E-state index is 13.9. The predicted molar refractivity (Wildman–Crippen MR) is 62.1 cm³/mol. The molecule has 0 aliphatic rings. The summed E-state index contributed by atoms with van der Waals surface area (Å²) < 4.78 is 19.0. The number of alkyl halides is 1. The van der Waals surface area contributed by atoms with E-state index >= 15 is 0 Å². The first-order valence-electron chi connectivity index (χ1n) is 5.72. The van der Waals surface area contributed by atoms with Gasteiger partial charge in [0.1, 0.15) is 11.9 Å². The number of hydrogen-bond donors (Lipinski definition) is 0. The lowest BCUT2D eigenvalue weighted by molar-refractivity contribution is 0.295. The quantitative estimate of drug-likeness (QED) is 0.767. The van der Waals surface area contributed by atoms with Gasteiger partial charge in [-0.3, -0.25) is 0 Å². The Hall–Kier alpha value is -1.38. The lowest BCUT2D eigenvalue weighted by atomic mass is 10.1. The van der Waals surface area contributed by atoms with Crippen molar-refractivity contribution in [2.24, 2.45) is 0 Å². The van der Waals surface area contributed by atoms with E-state index in [2.05, 4.69) is 12.1 Å². The lowest BCUT2D eigenvalue weighted by Gasteiger charge is -2.03. The normalized spacial score (nSPS) is 13.2. The average molecular weight is 221 g/mol. The molecule has 16 heavy (non-hydrogen) atoms. The SMILES string of the molecule is CCCCC(F)c1noc2cc(C)ccc12. The number of nitrogens with zero attached hydrogens (tertiary/aromatic N) is 1. The van der Waals surface area contributed by atoms with Crippen molar-refractivity contribution in [3.63, 3.8) is 0 Å². The van der Waals surface area contributed by atoms with Gasteiger partial charge in [-0.25, -0.2) is 4.39 Å². The fraction of sp³-hybridized carbons (Fsp3) is 0.462. The molecule has 0 bridgehead atoms. The van der Waals surface area contributed by atoms with E-state index in [0.717, 1.165) is 23.8 Å². The Morgan fingerprint density at radius 1 is 1.44 bits per heavy atom. The Kier molecular flexibility index (Phi) is 3.22. The number of hydrogen-bond acceptors (Lipinski definition) is 2. The zero-order valence-electron chi connectivity index (χ0n) is 9.66. The van der Waals surface area contributed by atoms with E-state index in [1.54, 1.807) is 0 Å². The van der Waals surface area contributed by atoms with Crippen LogP contribution in [0.2, 0.25) is 0 Å². The van der Waals surface area contributed by atoms with Crippen molar-refractivity contribution in [3.05, 3.63) is 29.5 Å². The Balaban J connectivity index is 2.31. The number of halogens is 1. The van der Waals surface area contributed by atoms with Gasteiger partial charge in [0, 0.05) is 5.39 Å². The van der Waals surface area contributed by atoms with Gasteiger partial charge in [0.2, 0.25) is 0 Å². The molecule has 0 N–H and O–H groups in total. The number of aryl methyl sites for hydroxylation is 1. The van der Waals surface area contributed by atoms with Crippen LogP contribution in [0, 0.1) is 6.92 Å². The van der Waals surface area contributed by atoms with Crippen LogP contribution in [0.4, 0.5) is 4.39 Å². The Labute approximate surface area is 94.4 Å². The third kappa shape index (κ3) is 2.08. The molecule has 1 aromatic carbocycles. The molecule has 0 saturated heterocycles. The molecule has 2 aromatic rings. The average Bonchev–Trinajstić information content (AvgIpc) is 2.68. The van der Waals surface area contributed by atoms with Crippen LogP contribution in [0.1, 0.15) is 43.6 Å². The molecule has 1 atom stereocenters. The van der Waals surface area contributed by atoms with Crippen LogP contribution in [0.5, 0.6) is 0 Å². The van der Waals surface area contributed by atoms with Crippen LogP contribution >= 0.6 is 0 Å². The number of fused-ring (bicyclic) bond motifs is 1. The largest absolute Gasteiger partial charge is 0.356 e. The smallest absolute Gasteiger partial charge is 0.167 e. The minimum absolute atomic E-state index is 0.448.